The first-order valence-corrected chi connectivity index (χ1v) is 11.8. The summed E-state index contributed by atoms with van der Waals surface area (Å²) in [6.45, 7) is 0.243. The molecule has 4 aromatic rings. The zero-order valence-corrected chi connectivity index (χ0v) is 20.1. The van der Waals surface area contributed by atoms with Crippen molar-refractivity contribution in [3.63, 3.8) is 0 Å². The zero-order chi connectivity index (χ0) is 25.4. The Kier molecular flexibility index (Phi) is 5.49. The molecule has 1 spiro atoms. The summed E-state index contributed by atoms with van der Waals surface area (Å²) in [6.07, 6.45) is 0. The van der Waals surface area contributed by atoms with Crippen molar-refractivity contribution >= 4 is 34.7 Å². The van der Waals surface area contributed by atoms with E-state index in [2.05, 4.69) is 15.3 Å². The third-order valence-corrected chi connectivity index (χ3v) is 6.55. The smallest absolute Gasteiger partial charge is 0.340 e. The second-order valence-electron chi connectivity index (χ2n) is 8.48. The molecule has 8 nitrogen and oxygen atoms in total. The fraction of sp³-hybridized carbons (Fsp3) is 0.0714. The molecule has 1 N–H and O–H groups in total. The van der Waals surface area contributed by atoms with E-state index in [1.807, 2.05) is 60.7 Å². The molecule has 2 aliphatic rings. The first-order chi connectivity index (χ1) is 18.1. The summed E-state index contributed by atoms with van der Waals surface area (Å²) in [5, 5.41) is 6.82. The summed E-state index contributed by atoms with van der Waals surface area (Å²) in [6, 6.07) is 27.5. The lowest BCUT2D eigenvalue weighted by molar-refractivity contribution is 0.0224. The highest BCUT2D eigenvalue weighted by Crippen LogP contribution is 2.56. The van der Waals surface area contributed by atoms with Crippen molar-refractivity contribution in [3.8, 4) is 11.5 Å². The average Bonchev–Trinajstić information content (AvgIpc) is 3.21. The molecule has 1 atom stereocenters. The Balaban J connectivity index is 1.28. The Morgan fingerprint density at radius 2 is 1.68 bits per heavy atom. The van der Waals surface area contributed by atoms with E-state index in [0.717, 1.165) is 22.3 Å². The topological polar surface area (TPSA) is 106 Å². The van der Waals surface area contributed by atoms with Gasteiger partial charge in [-0.15, -0.1) is 0 Å². The summed E-state index contributed by atoms with van der Waals surface area (Å²) < 4.78 is 18.1. The second-order valence-corrected chi connectivity index (χ2v) is 8.85. The maximum atomic E-state index is 12.9. The largest absolute Gasteiger partial charge is 0.466 e. The van der Waals surface area contributed by atoms with Crippen LogP contribution < -0.4 is 10.1 Å². The number of esters is 1. The normalized spacial score (nSPS) is 16.4. The molecule has 0 radical (unpaired) electrons. The van der Waals surface area contributed by atoms with E-state index < -0.39 is 5.60 Å². The van der Waals surface area contributed by atoms with Crippen LogP contribution in [0.5, 0.6) is 11.5 Å². The Labute approximate surface area is 217 Å². The van der Waals surface area contributed by atoms with E-state index >= 15 is 0 Å². The molecule has 0 aromatic heterocycles. The van der Waals surface area contributed by atoms with Gasteiger partial charge in [-0.3, -0.25) is 0 Å². The molecule has 0 fully saturated rings. The number of azide groups is 1. The lowest BCUT2D eigenvalue weighted by Gasteiger charge is -2.36. The third kappa shape index (κ3) is 3.83. The standard InChI is InChI=1S/C28H18N4O4S/c29-32-31-18-11-9-17(10-12-18)16-34-27(37)30-19-13-14-23-25(15-19)35-24-8-4-3-7-22(24)28(23)21-6-2-1-5-20(21)26(33)36-28/h1-15H,16H2,(H,30,37). The number of rotatable bonds is 4. The van der Waals surface area contributed by atoms with Gasteiger partial charge >= 0.3 is 5.97 Å². The van der Waals surface area contributed by atoms with E-state index in [1.165, 1.54) is 0 Å². The zero-order valence-electron chi connectivity index (χ0n) is 19.3. The van der Waals surface area contributed by atoms with Crippen molar-refractivity contribution < 1.29 is 19.0 Å². The fourth-order valence-corrected chi connectivity index (χ4v) is 4.89. The molecule has 6 rings (SSSR count). The molecule has 2 aliphatic heterocycles. The number of carbonyl (C=O) groups excluding carboxylic acids is 1. The molecule has 0 saturated carbocycles. The number of hydrogen-bond acceptors (Lipinski definition) is 6. The lowest BCUT2D eigenvalue weighted by atomic mass is 9.77. The van der Waals surface area contributed by atoms with Gasteiger partial charge in [0.25, 0.3) is 5.17 Å². The van der Waals surface area contributed by atoms with Gasteiger partial charge in [-0.25, -0.2) is 4.79 Å². The van der Waals surface area contributed by atoms with Crippen LogP contribution in [0.4, 0.5) is 11.4 Å². The Morgan fingerprint density at radius 1 is 0.946 bits per heavy atom. The highest BCUT2D eigenvalue weighted by atomic mass is 32.1. The Hall–Kier alpha value is -4.85. The van der Waals surface area contributed by atoms with Gasteiger partial charge in [0, 0.05) is 39.0 Å². The Morgan fingerprint density at radius 3 is 2.49 bits per heavy atom. The predicted octanol–water partition coefficient (Wildman–Crippen LogP) is 7.11. The van der Waals surface area contributed by atoms with Crippen LogP contribution in [0.1, 0.15) is 32.6 Å². The van der Waals surface area contributed by atoms with Crippen molar-refractivity contribution in [3.05, 3.63) is 129 Å². The minimum absolute atomic E-state index is 0.183. The van der Waals surface area contributed by atoms with Gasteiger partial charge < -0.3 is 19.5 Å². The second kappa shape index (κ2) is 8.98. The summed E-state index contributed by atoms with van der Waals surface area (Å²) >= 11 is 5.38. The van der Waals surface area contributed by atoms with Crippen LogP contribution in [0.25, 0.3) is 10.4 Å². The molecule has 0 amide bonds. The minimum atomic E-state index is -1.10. The summed E-state index contributed by atoms with van der Waals surface area (Å²) in [7, 11) is 0. The molecule has 1 unspecified atom stereocenters. The molecule has 4 aromatic carbocycles. The van der Waals surface area contributed by atoms with Gasteiger partial charge in [-0.2, -0.15) is 0 Å². The van der Waals surface area contributed by atoms with Crippen molar-refractivity contribution in [2.75, 3.05) is 5.32 Å². The van der Waals surface area contributed by atoms with E-state index in [9.17, 15) is 4.79 Å². The number of fused-ring (bicyclic) bond motifs is 6. The van der Waals surface area contributed by atoms with E-state index in [-0.39, 0.29) is 17.8 Å². The number of anilines is 1. The van der Waals surface area contributed by atoms with Crippen LogP contribution in [0, 0.1) is 0 Å². The summed E-state index contributed by atoms with van der Waals surface area (Å²) in [5.41, 5.74) is 12.3. The minimum Gasteiger partial charge on any atom is -0.466 e. The first kappa shape index (κ1) is 22.6. The van der Waals surface area contributed by atoms with Crippen LogP contribution in [0.15, 0.2) is 96.1 Å². The van der Waals surface area contributed by atoms with Gasteiger partial charge in [-0.1, -0.05) is 65.8 Å². The number of carbonyl (C=O) groups is 1. The fourth-order valence-electron chi connectivity index (χ4n) is 4.72. The number of thiocarbonyl (C=S) groups is 1. The summed E-state index contributed by atoms with van der Waals surface area (Å²) in [5.74, 6) is 0.784. The van der Waals surface area contributed by atoms with Crippen molar-refractivity contribution in [2.45, 2.75) is 12.2 Å². The molecule has 0 aliphatic carbocycles. The van der Waals surface area contributed by atoms with Crippen LogP contribution in [-0.2, 0) is 21.7 Å². The number of nitrogens with one attached hydrogen (secondary N) is 1. The molecular weight excluding hydrogens is 488 g/mol. The van der Waals surface area contributed by atoms with E-state index in [4.69, 9.17) is 32.0 Å². The molecule has 180 valence electrons. The highest BCUT2D eigenvalue weighted by Gasteiger charge is 2.53. The van der Waals surface area contributed by atoms with E-state index in [0.29, 0.717) is 28.4 Å². The molecule has 0 bridgehead atoms. The quantitative estimate of drug-likeness (QED) is 0.104. The predicted molar refractivity (Wildman–Crippen MR) is 141 cm³/mol. The van der Waals surface area contributed by atoms with Gasteiger partial charge in [0.2, 0.25) is 0 Å². The molecule has 37 heavy (non-hydrogen) atoms. The first-order valence-electron chi connectivity index (χ1n) is 11.4. The van der Waals surface area contributed by atoms with Gasteiger partial charge in [0.1, 0.15) is 18.1 Å². The number of nitrogens with zero attached hydrogens (tertiary/aromatic N) is 3. The monoisotopic (exact) mass is 506 g/mol. The molecule has 2 heterocycles. The number of benzene rings is 4. The number of ether oxygens (including phenoxy) is 3. The van der Waals surface area contributed by atoms with Gasteiger partial charge in [0.15, 0.2) is 5.60 Å². The van der Waals surface area contributed by atoms with Crippen LogP contribution in [0.2, 0.25) is 0 Å². The number of hydrogen-bond donors (Lipinski definition) is 1. The van der Waals surface area contributed by atoms with E-state index in [1.54, 1.807) is 30.3 Å². The molecule has 9 heteroatoms. The van der Waals surface area contributed by atoms with Crippen molar-refractivity contribution in [2.24, 2.45) is 5.11 Å². The lowest BCUT2D eigenvalue weighted by Crippen LogP contribution is -2.33. The number of para-hydroxylation sites is 1. The van der Waals surface area contributed by atoms with Gasteiger partial charge in [0.05, 0.1) is 5.56 Å². The van der Waals surface area contributed by atoms with Crippen LogP contribution in [0.3, 0.4) is 0 Å². The third-order valence-electron chi connectivity index (χ3n) is 6.33. The summed E-state index contributed by atoms with van der Waals surface area (Å²) in [4.78, 5) is 15.6. The van der Waals surface area contributed by atoms with Crippen molar-refractivity contribution in [1.29, 1.82) is 0 Å². The van der Waals surface area contributed by atoms with Crippen molar-refractivity contribution in [1.82, 2.24) is 0 Å². The van der Waals surface area contributed by atoms with Gasteiger partial charge in [-0.05, 0) is 47.6 Å². The van der Waals surface area contributed by atoms with Crippen LogP contribution in [-0.4, -0.2) is 11.1 Å². The highest BCUT2D eigenvalue weighted by molar-refractivity contribution is 7.80. The average molecular weight is 507 g/mol. The maximum absolute atomic E-state index is 12.9. The SMILES string of the molecule is [N-]=[N+]=Nc1ccc(COC(=S)Nc2ccc3c(c2)Oc2ccccc2C32OC(=O)c3ccccc32)cc1. The molecular formula is C28H18N4O4S. The van der Waals surface area contributed by atoms with Crippen LogP contribution >= 0.6 is 12.2 Å². The Bertz CT molecular complexity index is 1620. The molecule has 0 saturated heterocycles. The maximum Gasteiger partial charge on any atom is 0.340 e.